The van der Waals surface area contributed by atoms with Crippen molar-refractivity contribution in [1.29, 1.82) is 0 Å². The summed E-state index contributed by atoms with van der Waals surface area (Å²) in [4.78, 5) is 16.8. The summed E-state index contributed by atoms with van der Waals surface area (Å²) >= 11 is 0. The lowest BCUT2D eigenvalue weighted by atomic mass is 10.0. The Morgan fingerprint density at radius 2 is 1.87 bits per heavy atom. The zero-order valence-electron chi connectivity index (χ0n) is 13.7. The number of ether oxygens (including phenoxy) is 1. The minimum atomic E-state index is 0.0836. The number of nitrogens with two attached hydrogens (primary N) is 1. The van der Waals surface area contributed by atoms with Crippen molar-refractivity contribution in [3.05, 3.63) is 29.8 Å². The molecule has 2 aliphatic rings. The Hall–Kier alpha value is -1.59. The molecule has 2 saturated heterocycles. The number of nitrogens with zero attached hydrogens (tertiary/aromatic N) is 2. The highest BCUT2D eigenvalue weighted by Gasteiger charge is 2.22. The maximum Gasteiger partial charge on any atom is 0.253 e. The molecule has 3 rings (SSSR count). The number of amides is 1. The van der Waals surface area contributed by atoms with Crippen molar-refractivity contribution in [1.82, 2.24) is 9.80 Å². The molecule has 1 aromatic rings. The molecule has 0 aliphatic carbocycles. The van der Waals surface area contributed by atoms with Crippen LogP contribution in [0.4, 0.5) is 0 Å². The van der Waals surface area contributed by atoms with E-state index in [1.165, 1.54) is 19.3 Å². The monoisotopic (exact) mass is 317 g/mol. The van der Waals surface area contributed by atoms with Gasteiger partial charge in [-0.1, -0.05) is 12.5 Å². The fourth-order valence-corrected chi connectivity index (χ4v) is 3.26. The predicted molar refractivity (Wildman–Crippen MR) is 90.5 cm³/mol. The van der Waals surface area contributed by atoms with Gasteiger partial charge in [0.25, 0.3) is 5.91 Å². The highest BCUT2D eigenvalue weighted by Crippen LogP contribution is 2.18. The van der Waals surface area contributed by atoms with Crippen LogP contribution in [0.25, 0.3) is 0 Å². The summed E-state index contributed by atoms with van der Waals surface area (Å²) in [6.45, 7) is 4.31. The Kier molecular flexibility index (Phi) is 5.51. The van der Waals surface area contributed by atoms with Gasteiger partial charge in [-0.3, -0.25) is 9.69 Å². The highest BCUT2D eigenvalue weighted by molar-refractivity contribution is 5.94. The Balaban J connectivity index is 1.57. The van der Waals surface area contributed by atoms with Gasteiger partial charge in [0, 0.05) is 37.8 Å². The maximum atomic E-state index is 12.6. The van der Waals surface area contributed by atoms with Crippen molar-refractivity contribution in [2.24, 2.45) is 5.73 Å². The number of carbonyl (C=O) groups excluding carboxylic acids is 1. The molecule has 0 radical (unpaired) electrons. The molecule has 23 heavy (non-hydrogen) atoms. The van der Waals surface area contributed by atoms with Crippen LogP contribution >= 0.6 is 0 Å². The zero-order valence-corrected chi connectivity index (χ0v) is 13.7. The molecule has 0 atom stereocenters. The summed E-state index contributed by atoms with van der Waals surface area (Å²) in [6, 6.07) is 7.78. The van der Waals surface area contributed by atoms with Gasteiger partial charge in [-0.15, -0.1) is 0 Å². The first-order chi connectivity index (χ1) is 11.2. The quantitative estimate of drug-likeness (QED) is 0.923. The Morgan fingerprint density at radius 3 is 2.61 bits per heavy atom. The van der Waals surface area contributed by atoms with Crippen molar-refractivity contribution in [2.75, 3.05) is 32.9 Å². The average Bonchev–Trinajstić information content (AvgIpc) is 2.61. The van der Waals surface area contributed by atoms with E-state index in [0.717, 1.165) is 44.8 Å². The van der Waals surface area contributed by atoms with E-state index in [-0.39, 0.29) is 11.9 Å². The van der Waals surface area contributed by atoms with Gasteiger partial charge in [-0.2, -0.15) is 0 Å². The summed E-state index contributed by atoms with van der Waals surface area (Å²) in [7, 11) is 0. The minimum Gasteiger partial charge on any atom is -0.478 e. The van der Waals surface area contributed by atoms with Crippen molar-refractivity contribution >= 4 is 5.91 Å². The third-order valence-electron chi connectivity index (χ3n) is 4.77. The second-order valence-corrected chi connectivity index (χ2v) is 6.61. The van der Waals surface area contributed by atoms with Crippen molar-refractivity contribution in [3.63, 3.8) is 0 Å². The minimum absolute atomic E-state index is 0.0836. The number of benzene rings is 1. The Bertz CT molecular complexity index is 521. The Morgan fingerprint density at radius 1 is 1.13 bits per heavy atom. The third-order valence-corrected chi connectivity index (χ3v) is 4.77. The van der Waals surface area contributed by atoms with Gasteiger partial charge in [0.1, 0.15) is 12.5 Å². The van der Waals surface area contributed by atoms with E-state index in [1.807, 2.05) is 29.2 Å². The molecule has 2 fully saturated rings. The van der Waals surface area contributed by atoms with Crippen molar-refractivity contribution < 1.29 is 9.53 Å². The summed E-state index contributed by atoms with van der Waals surface area (Å²) < 4.78 is 5.88. The normalized spacial score (nSPS) is 20.5. The summed E-state index contributed by atoms with van der Waals surface area (Å²) in [5.41, 5.74) is 6.61. The first-order valence-corrected chi connectivity index (χ1v) is 8.72. The number of piperidine rings is 2. The van der Waals surface area contributed by atoms with E-state index in [2.05, 4.69) is 4.90 Å². The fourth-order valence-electron chi connectivity index (χ4n) is 3.26. The number of hydrogen-bond acceptors (Lipinski definition) is 4. The number of hydrogen-bond donors (Lipinski definition) is 1. The molecule has 5 heteroatoms. The van der Waals surface area contributed by atoms with Gasteiger partial charge in [0.2, 0.25) is 0 Å². The third kappa shape index (κ3) is 4.45. The summed E-state index contributed by atoms with van der Waals surface area (Å²) in [6.07, 6.45) is 5.59. The van der Waals surface area contributed by atoms with Crippen LogP contribution in [0.15, 0.2) is 24.3 Å². The molecular weight excluding hydrogens is 290 g/mol. The topological polar surface area (TPSA) is 58.8 Å². The van der Waals surface area contributed by atoms with Gasteiger partial charge in [-0.05, 0) is 43.9 Å². The van der Waals surface area contributed by atoms with E-state index in [9.17, 15) is 4.79 Å². The fraction of sp³-hybridized carbons (Fsp3) is 0.611. The van der Waals surface area contributed by atoms with Crippen LogP contribution in [0.5, 0.6) is 5.75 Å². The van der Waals surface area contributed by atoms with Crippen LogP contribution < -0.4 is 10.5 Å². The van der Waals surface area contributed by atoms with E-state index in [4.69, 9.17) is 10.5 Å². The van der Waals surface area contributed by atoms with Crippen LogP contribution in [-0.2, 0) is 0 Å². The molecule has 1 aromatic carbocycles. The lowest BCUT2D eigenvalue weighted by Crippen LogP contribution is -2.42. The largest absolute Gasteiger partial charge is 0.478 e. The molecule has 0 unspecified atom stereocenters. The molecule has 5 nitrogen and oxygen atoms in total. The highest BCUT2D eigenvalue weighted by atomic mass is 16.5. The second kappa shape index (κ2) is 7.79. The molecule has 1 amide bonds. The lowest BCUT2D eigenvalue weighted by Gasteiger charge is -2.30. The van der Waals surface area contributed by atoms with Crippen LogP contribution in [-0.4, -0.2) is 54.7 Å². The Labute approximate surface area is 138 Å². The molecule has 2 aliphatic heterocycles. The van der Waals surface area contributed by atoms with Gasteiger partial charge in [0.05, 0.1) is 0 Å². The first-order valence-electron chi connectivity index (χ1n) is 8.72. The molecule has 0 bridgehead atoms. The van der Waals surface area contributed by atoms with Gasteiger partial charge in [-0.25, -0.2) is 0 Å². The zero-order chi connectivity index (χ0) is 16.1. The molecule has 2 heterocycles. The summed E-state index contributed by atoms with van der Waals surface area (Å²) in [5, 5.41) is 0. The van der Waals surface area contributed by atoms with Crippen LogP contribution in [0.1, 0.15) is 42.5 Å². The number of rotatable bonds is 4. The van der Waals surface area contributed by atoms with Crippen LogP contribution in [0.3, 0.4) is 0 Å². The van der Waals surface area contributed by atoms with E-state index in [0.29, 0.717) is 12.3 Å². The molecule has 0 saturated carbocycles. The molecule has 0 spiro atoms. The van der Waals surface area contributed by atoms with E-state index >= 15 is 0 Å². The second-order valence-electron chi connectivity index (χ2n) is 6.61. The van der Waals surface area contributed by atoms with Crippen LogP contribution in [0.2, 0.25) is 0 Å². The van der Waals surface area contributed by atoms with Gasteiger partial charge >= 0.3 is 0 Å². The number of carbonyl (C=O) groups is 1. The number of likely N-dealkylation sites (tertiary alicyclic amines) is 2. The van der Waals surface area contributed by atoms with E-state index in [1.54, 1.807) is 0 Å². The van der Waals surface area contributed by atoms with Crippen LogP contribution in [0, 0.1) is 0 Å². The first kappa shape index (κ1) is 16.3. The smallest absolute Gasteiger partial charge is 0.253 e. The molecule has 0 aromatic heterocycles. The van der Waals surface area contributed by atoms with Crippen molar-refractivity contribution in [2.45, 2.75) is 38.1 Å². The summed E-state index contributed by atoms with van der Waals surface area (Å²) in [5.74, 6) is 0.857. The van der Waals surface area contributed by atoms with Gasteiger partial charge in [0.15, 0.2) is 0 Å². The van der Waals surface area contributed by atoms with Crippen molar-refractivity contribution in [3.8, 4) is 5.75 Å². The SMILES string of the molecule is NC1CCN(C(=O)c2cccc(OCN3CCCCC3)c2)CC1. The molecule has 2 N–H and O–H groups in total. The average molecular weight is 317 g/mol. The van der Waals surface area contributed by atoms with E-state index < -0.39 is 0 Å². The predicted octanol–water partition coefficient (Wildman–Crippen LogP) is 2.07. The molecule has 126 valence electrons. The maximum absolute atomic E-state index is 12.6. The standard InChI is InChI=1S/C18H27N3O2/c19-16-7-11-21(12-8-16)18(22)15-5-4-6-17(13-15)23-14-20-9-2-1-3-10-20/h4-6,13,16H,1-3,7-12,14,19H2. The molecular formula is C18H27N3O2. The van der Waals surface area contributed by atoms with Gasteiger partial charge < -0.3 is 15.4 Å². The lowest BCUT2D eigenvalue weighted by molar-refractivity contribution is 0.0713.